The zero-order valence-electron chi connectivity index (χ0n) is 8.45. The average molecular weight is 190 g/mol. The first-order valence-electron chi connectivity index (χ1n) is 4.52. The van der Waals surface area contributed by atoms with Crippen LogP contribution in [0, 0.1) is 6.92 Å². The summed E-state index contributed by atoms with van der Waals surface area (Å²) in [4.78, 5) is 12.1. The van der Waals surface area contributed by atoms with E-state index in [1.807, 2.05) is 36.9 Å². The third-order valence-corrected chi connectivity index (χ3v) is 2.13. The summed E-state index contributed by atoms with van der Waals surface area (Å²) in [6.45, 7) is 4.65. The van der Waals surface area contributed by atoms with Gasteiger partial charge < -0.3 is 10.6 Å². The van der Waals surface area contributed by atoms with Gasteiger partial charge >= 0.3 is 0 Å². The molecule has 1 aromatic rings. The number of hydrogen-bond acceptors (Lipinski definition) is 3. The highest BCUT2D eigenvalue weighted by atomic mass is 16.1. The Balaban J connectivity index is 3.05. The van der Waals surface area contributed by atoms with Gasteiger partial charge in [-0.3, -0.25) is 0 Å². The lowest BCUT2D eigenvalue weighted by atomic mass is 10.2. The maximum absolute atomic E-state index is 10.3. The fraction of sp³-hybridized carbons (Fsp3) is 0.273. The minimum absolute atomic E-state index is 0.735. The number of nitrogen functional groups attached to an aromatic ring is 1. The number of aryl methyl sites for hydroxylation is 1. The van der Waals surface area contributed by atoms with Crippen LogP contribution in [-0.2, 0) is 4.79 Å². The number of hydrogen-bond donors (Lipinski definition) is 1. The van der Waals surface area contributed by atoms with Crippen LogP contribution in [-0.4, -0.2) is 12.5 Å². The topological polar surface area (TPSA) is 46.3 Å². The van der Waals surface area contributed by atoms with Crippen LogP contribution in [0.3, 0.4) is 0 Å². The lowest BCUT2D eigenvalue weighted by Crippen LogP contribution is -2.15. The molecule has 14 heavy (non-hydrogen) atoms. The van der Waals surface area contributed by atoms with Gasteiger partial charge in [-0.1, -0.05) is 0 Å². The first-order valence-corrected chi connectivity index (χ1v) is 4.52. The van der Waals surface area contributed by atoms with Crippen LogP contribution < -0.4 is 10.6 Å². The van der Waals surface area contributed by atoms with Crippen molar-refractivity contribution in [2.24, 2.45) is 0 Å². The molecule has 0 heterocycles. The van der Waals surface area contributed by atoms with E-state index in [9.17, 15) is 4.79 Å². The Morgan fingerprint density at radius 1 is 1.57 bits per heavy atom. The van der Waals surface area contributed by atoms with Crippen LogP contribution in [0.2, 0.25) is 0 Å². The molecule has 0 saturated carbocycles. The summed E-state index contributed by atoms with van der Waals surface area (Å²) in [6, 6.07) is 5.68. The van der Waals surface area contributed by atoms with Crippen molar-refractivity contribution in [3.63, 3.8) is 0 Å². The molecule has 0 atom stereocenters. The molecule has 0 aliphatic rings. The van der Waals surface area contributed by atoms with Crippen molar-refractivity contribution < 1.29 is 4.79 Å². The summed E-state index contributed by atoms with van der Waals surface area (Å²) in [5.74, 6) is 1.77. The molecular formula is C11H14N2O. The Hall–Kier alpha value is -1.73. The number of rotatable bonds is 3. The largest absolute Gasteiger partial charge is 0.399 e. The SMILES string of the molecule is CCN(C=C=O)c1ccc(N)c(C)c1. The Morgan fingerprint density at radius 2 is 2.29 bits per heavy atom. The van der Waals surface area contributed by atoms with Crippen LogP contribution >= 0.6 is 0 Å². The van der Waals surface area contributed by atoms with E-state index in [1.165, 1.54) is 6.20 Å². The molecule has 74 valence electrons. The van der Waals surface area contributed by atoms with E-state index in [-0.39, 0.29) is 0 Å². The summed E-state index contributed by atoms with van der Waals surface area (Å²) in [5, 5.41) is 0. The van der Waals surface area contributed by atoms with Crippen LogP contribution in [0.5, 0.6) is 0 Å². The predicted molar refractivity (Wildman–Crippen MR) is 58.9 cm³/mol. The molecule has 1 aromatic carbocycles. The molecule has 0 spiro atoms. The zero-order valence-corrected chi connectivity index (χ0v) is 8.45. The molecule has 0 aliphatic heterocycles. The van der Waals surface area contributed by atoms with Crippen molar-refractivity contribution in [2.75, 3.05) is 17.2 Å². The van der Waals surface area contributed by atoms with Gasteiger partial charge in [0.15, 0.2) is 0 Å². The number of nitrogens with two attached hydrogens (primary N) is 1. The van der Waals surface area contributed by atoms with Gasteiger partial charge in [0.05, 0.1) is 6.20 Å². The second-order valence-corrected chi connectivity index (χ2v) is 3.07. The van der Waals surface area contributed by atoms with E-state index in [0.29, 0.717) is 0 Å². The smallest absolute Gasteiger partial charge is 0.142 e. The van der Waals surface area contributed by atoms with Crippen molar-refractivity contribution in [3.05, 3.63) is 30.0 Å². The van der Waals surface area contributed by atoms with Crippen molar-refractivity contribution in [2.45, 2.75) is 13.8 Å². The third kappa shape index (κ3) is 2.15. The number of nitrogens with zero attached hydrogens (tertiary/aromatic N) is 1. The van der Waals surface area contributed by atoms with E-state index in [4.69, 9.17) is 5.73 Å². The summed E-state index contributed by atoms with van der Waals surface area (Å²) in [6.07, 6.45) is 1.39. The first-order chi connectivity index (χ1) is 6.69. The van der Waals surface area contributed by atoms with E-state index >= 15 is 0 Å². The molecule has 3 heteroatoms. The highest BCUT2D eigenvalue weighted by Gasteiger charge is 2.02. The molecule has 3 nitrogen and oxygen atoms in total. The normalized spacial score (nSPS) is 9.29. The van der Waals surface area contributed by atoms with Crippen molar-refractivity contribution >= 4 is 17.3 Å². The lowest BCUT2D eigenvalue weighted by Gasteiger charge is -2.17. The van der Waals surface area contributed by atoms with E-state index < -0.39 is 0 Å². The van der Waals surface area contributed by atoms with Crippen LogP contribution in [0.15, 0.2) is 24.4 Å². The quantitative estimate of drug-likeness (QED) is 0.583. The molecule has 1 rings (SSSR count). The summed E-state index contributed by atoms with van der Waals surface area (Å²) in [5.41, 5.74) is 8.44. The number of benzene rings is 1. The van der Waals surface area contributed by atoms with Crippen molar-refractivity contribution in [1.82, 2.24) is 0 Å². The van der Waals surface area contributed by atoms with Crippen LogP contribution in [0.25, 0.3) is 0 Å². The van der Waals surface area contributed by atoms with Crippen molar-refractivity contribution in [1.29, 1.82) is 0 Å². The Bertz CT molecular complexity index is 368. The summed E-state index contributed by atoms with van der Waals surface area (Å²) >= 11 is 0. The number of carbonyl (C=O) groups excluding carboxylic acids is 1. The molecule has 0 amide bonds. The molecule has 0 fully saturated rings. The fourth-order valence-electron chi connectivity index (χ4n) is 1.25. The monoisotopic (exact) mass is 190 g/mol. The Kier molecular flexibility index (Phi) is 3.32. The second kappa shape index (κ2) is 4.49. The van der Waals surface area contributed by atoms with E-state index in [1.54, 1.807) is 5.94 Å². The molecule has 0 radical (unpaired) electrons. The van der Waals surface area contributed by atoms with Gasteiger partial charge in [0.25, 0.3) is 0 Å². The molecule has 2 N–H and O–H groups in total. The Morgan fingerprint density at radius 3 is 2.79 bits per heavy atom. The highest BCUT2D eigenvalue weighted by Crippen LogP contribution is 2.20. The van der Waals surface area contributed by atoms with Crippen molar-refractivity contribution in [3.8, 4) is 0 Å². The maximum atomic E-state index is 10.3. The molecule has 0 unspecified atom stereocenters. The molecule has 0 aromatic heterocycles. The van der Waals surface area contributed by atoms with Crippen LogP contribution in [0.4, 0.5) is 11.4 Å². The second-order valence-electron chi connectivity index (χ2n) is 3.07. The fourth-order valence-corrected chi connectivity index (χ4v) is 1.25. The van der Waals surface area contributed by atoms with Gasteiger partial charge in [-0.2, -0.15) is 0 Å². The summed E-state index contributed by atoms with van der Waals surface area (Å²) in [7, 11) is 0. The van der Waals surface area contributed by atoms with Gasteiger partial charge in [0, 0.05) is 17.9 Å². The zero-order chi connectivity index (χ0) is 10.6. The van der Waals surface area contributed by atoms with Crippen LogP contribution in [0.1, 0.15) is 12.5 Å². The van der Waals surface area contributed by atoms with Gasteiger partial charge in [0.2, 0.25) is 0 Å². The third-order valence-electron chi connectivity index (χ3n) is 2.13. The molecule has 0 bridgehead atoms. The predicted octanol–water partition coefficient (Wildman–Crippen LogP) is 1.75. The maximum Gasteiger partial charge on any atom is 0.142 e. The van der Waals surface area contributed by atoms with Gasteiger partial charge in [-0.25, -0.2) is 4.79 Å². The van der Waals surface area contributed by atoms with E-state index in [0.717, 1.165) is 23.5 Å². The van der Waals surface area contributed by atoms with Gasteiger partial charge in [-0.05, 0) is 37.6 Å². The molecular weight excluding hydrogens is 176 g/mol. The minimum atomic E-state index is 0.735. The first kappa shape index (κ1) is 10.4. The number of anilines is 2. The standard InChI is InChI=1S/C11H14N2O/c1-3-13(6-7-14)10-4-5-11(12)9(2)8-10/h4-6,8H,3,12H2,1-2H3. The Labute approximate surface area is 83.8 Å². The molecule has 0 aliphatic carbocycles. The van der Waals surface area contributed by atoms with Gasteiger partial charge in [0.1, 0.15) is 5.94 Å². The van der Waals surface area contributed by atoms with Gasteiger partial charge in [-0.15, -0.1) is 0 Å². The molecule has 0 saturated heterocycles. The lowest BCUT2D eigenvalue weighted by molar-refractivity contribution is 0.568. The summed E-state index contributed by atoms with van der Waals surface area (Å²) < 4.78 is 0. The minimum Gasteiger partial charge on any atom is -0.399 e. The average Bonchev–Trinajstić information content (AvgIpc) is 2.19. The van der Waals surface area contributed by atoms with E-state index in [2.05, 4.69) is 0 Å². The highest BCUT2D eigenvalue weighted by molar-refractivity contribution is 5.62.